The zero-order valence-corrected chi connectivity index (χ0v) is 8.17. The fourth-order valence-electron chi connectivity index (χ4n) is 0.821. The van der Waals surface area contributed by atoms with Gasteiger partial charge >= 0.3 is 69.0 Å². The molecule has 1 aromatic rings. The molecule has 60 valence electrons. The number of ether oxygens (including phenoxy) is 1. The van der Waals surface area contributed by atoms with Crippen molar-refractivity contribution in [2.24, 2.45) is 0 Å². The SMILES string of the molecule is COc1ccccc1[AsH](=O)O. The zero-order chi connectivity index (χ0) is 8.27. The van der Waals surface area contributed by atoms with Crippen molar-refractivity contribution in [3.8, 4) is 5.75 Å². The molecule has 0 spiro atoms. The molecule has 1 N–H and O–H groups in total. The van der Waals surface area contributed by atoms with E-state index in [1.165, 1.54) is 7.11 Å². The predicted octanol–water partition coefficient (Wildman–Crippen LogP) is -0.455. The molecule has 0 aliphatic rings. The summed E-state index contributed by atoms with van der Waals surface area (Å²) in [6.07, 6.45) is 0. The van der Waals surface area contributed by atoms with Crippen LogP contribution < -0.4 is 9.09 Å². The topological polar surface area (TPSA) is 46.5 Å². The van der Waals surface area contributed by atoms with Crippen LogP contribution in [-0.4, -0.2) is 26.1 Å². The summed E-state index contributed by atoms with van der Waals surface area (Å²) in [5, 5.41) is 0. The van der Waals surface area contributed by atoms with Gasteiger partial charge in [-0.2, -0.15) is 0 Å². The van der Waals surface area contributed by atoms with Crippen LogP contribution in [0.25, 0.3) is 0 Å². The minimum atomic E-state index is -3.21. The third kappa shape index (κ3) is 1.88. The van der Waals surface area contributed by atoms with E-state index in [-0.39, 0.29) is 0 Å². The molecule has 0 saturated heterocycles. The van der Waals surface area contributed by atoms with Gasteiger partial charge in [-0.25, -0.2) is 0 Å². The second kappa shape index (κ2) is 3.65. The molecule has 0 amide bonds. The van der Waals surface area contributed by atoms with Gasteiger partial charge in [-0.15, -0.1) is 0 Å². The van der Waals surface area contributed by atoms with E-state index in [9.17, 15) is 3.74 Å². The third-order valence-electron chi connectivity index (χ3n) is 1.34. The van der Waals surface area contributed by atoms with Crippen molar-refractivity contribution >= 4 is 19.3 Å². The summed E-state index contributed by atoms with van der Waals surface area (Å²) in [5.41, 5.74) is 0. The van der Waals surface area contributed by atoms with E-state index in [1.54, 1.807) is 24.3 Å². The average Bonchev–Trinajstić information content (AvgIpc) is 2.04. The van der Waals surface area contributed by atoms with Crippen molar-refractivity contribution in [1.82, 2.24) is 0 Å². The first kappa shape index (κ1) is 8.44. The van der Waals surface area contributed by atoms with Crippen molar-refractivity contribution in [2.45, 2.75) is 0 Å². The molecule has 1 atom stereocenters. The Morgan fingerprint density at radius 2 is 2.09 bits per heavy atom. The van der Waals surface area contributed by atoms with Crippen LogP contribution in [0.3, 0.4) is 0 Å². The number of benzene rings is 1. The van der Waals surface area contributed by atoms with E-state index in [0.717, 1.165) is 0 Å². The maximum absolute atomic E-state index is 10.8. The Bertz CT molecular complexity index is 272. The van der Waals surface area contributed by atoms with E-state index in [4.69, 9.17) is 8.83 Å². The Hall–Kier alpha value is -0.662. The summed E-state index contributed by atoms with van der Waals surface area (Å²) in [6.45, 7) is 0. The number of hydrogen-bond donors (Lipinski definition) is 1. The van der Waals surface area contributed by atoms with Crippen molar-refractivity contribution < 1.29 is 12.6 Å². The Morgan fingerprint density at radius 3 is 2.55 bits per heavy atom. The Balaban J connectivity index is 3.12. The summed E-state index contributed by atoms with van der Waals surface area (Å²) in [4.78, 5) is 0. The fraction of sp³-hybridized carbons (Fsp3) is 0.143. The number of methoxy groups -OCH3 is 1. The third-order valence-corrected chi connectivity index (χ3v) is 3.17. The van der Waals surface area contributed by atoms with Gasteiger partial charge in [0.15, 0.2) is 0 Å². The predicted molar refractivity (Wildman–Crippen MR) is 42.7 cm³/mol. The number of para-hydroxylation sites is 1. The monoisotopic (exact) mass is 216 g/mol. The molecule has 0 aliphatic carbocycles. The molecule has 0 bridgehead atoms. The van der Waals surface area contributed by atoms with E-state index >= 15 is 0 Å². The van der Waals surface area contributed by atoms with Crippen LogP contribution in [0.4, 0.5) is 0 Å². The minimum absolute atomic E-state index is 0.440. The molecule has 1 unspecified atom stereocenters. The quantitative estimate of drug-likeness (QED) is 0.681. The molecule has 4 heteroatoms. The van der Waals surface area contributed by atoms with E-state index in [0.29, 0.717) is 10.1 Å². The van der Waals surface area contributed by atoms with Gasteiger partial charge in [-0.05, 0) is 0 Å². The summed E-state index contributed by atoms with van der Waals surface area (Å²) >= 11 is -3.21. The van der Waals surface area contributed by atoms with Gasteiger partial charge in [0.2, 0.25) is 0 Å². The first-order valence-electron chi connectivity index (χ1n) is 3.12. The van der Waals surface area contributed by atoms with Gasteiger partial charge in [0.05, 0.1) is 0 Å². The van der Waals surface area contributed by atoms with Gasteiger partial charge in [-0.3, -0.25) is 0 Å². The summed E-state index contributed by atoms with van der Waals surface area (Å²) in [7, 11) is 1.49. The van der Waals surface area contributed by atoms with Crippen molar-refractivity contribution in [1.29, 1.82) is 0 Å². The van der Waals surface area contributed by atoms with Crippen LogP contribution >= 0.6 is 0 Å². The number of hydrogen-bond acceptors (Lipinski definition) is 2. The second-order valence-electron chi connectivity index (χ2n) is 2.01. The van der Waals surface area contributed by atoms with Gasteiger partial charge < -0.3 is 0 Å². The first-order chi connectivity index (χ1) is 5.25. The van der Waals surface area contributed by atoms with E-state index in [1.807, 2.05) is 0 Å². The molecular formula is C7H9AsO3. The Labute approximate surface area is 69.5 Å². The molecule has 0 aliphatic heterocycles. The molecule has 1 aromatic carbocycles. The van der Waals surface area contributed by atoms with Crippen molar-refractivity contribution in [3.05, 3.63) is 24.3 Å². The molecule has 0 fully saturated rings. The number of rotatable bonds is 2. The summed E-state index contributed by atoms with van der Waals surface area (Å²) in [6, 6.07) is 6.78. The molecule has 11 heavy (non-hydrogen) atoms. The molecular weight excluding hydrogens is 207 g/mol. The van der Waals surface area contributed by atoms with Crippen LogP contribution in [0.5, 0.6) is 5.75 Å². The van der Waals surface area contributed by atoms with Crippen LogP contribution in [-0.2, 0) is 3.74 Å². The van der Waals surface area contributed by atoms with Crippen molar-refractivity contribution in [3.63, 3.8) is 0 Å². The van der Waals surface area contributed by atoms with Gasteiger partial charge in [0.25, 0.3) is 0 Å². The van der Waals surface area contributed by atoms with Crippen LogP contribution in [0.15, 0.2) is 24.3 Å². The van der Waals surface area contributed by atoms with Crippen LogP contribution in [0, 0.1) is 0 Å². The second-order valence-corrected chi connectivity index (χ2v) is 4.42. The molecule has 0 aromatic heterocycles. The maximum atomic E-state index is 10.8. The average molecular weight is 216 g/mol. The van der Waals surface area contributed by atoms with Crippen molar-refractivity contribution in [2.75, 3.05) is 7.11 Å². The Morgan fingerprint density at radius 1 is 1.45 bits per heavy atom. The van der Waals surface area contributed by atoms with Crippen LogP contribution in [0.2, 0.25) is 0 Å². The standard InChI is InChI=1S/C7H9AsO3/c1-11-7-5-3-2-4-6(7)8(9)10/h2-5,8H,1H3,(H,9,10). The first-order valence-corrected chi connectivity index (χ1v) is 5.96. The van der Waals surface area contributed by atoms with Gasteiger partial charge in [-0.1, -0.05) is 0 Å². The normalized spacial score (nSPS) is 12.5. The van der Waals surface area contributed by atoms with Gasteiger partial charge in [0, 0.05) is 0 Å². The molecule has 0 saturated carbocycles. The zero-order valence-electron chi connectivity index (χ0n) is 6.07. The fourth-order valence-corrected chi connectivity index (χ4v) is 2.15. The van der Waals surface area contributed by atoms with Crippen LogP contribution in [0.1, 0.15) is 0 Å². The van der Waals surface area contributed by atoms with Gasteiger partial charge in [0.1, 0.15) is 0 Å². The molecule has 3 nitrogen and oxygen atoms in total. The summed E-state index contributed by atoms with van der Waals surface area (Å²) in [5.74, 6) is 0.500. The van der Waals surface area contributed by atoms with E-state index in [2.05, 4.69) is 0 Å². The Kier molecular flexibility index (Phi) is 2.80. The van der Waals surface area contributed by atoms with E-state index < -0.39 is 14.9 Å². The molecule has 1 rings (SSSR count). The molecule has 0 heterocycles. The molecule has 0 radical (unpaired) electrons. The summed E-state index contributed by atoms with van der Waals surface area (Å²) < 4.78 is 24.9.